The molecular formula is C19H19BrN2O2. The van der Waals surface area contributed by atoms with Crippen molar-refractivity contribution in [3.05, 3.63) is 59.7 Å². The summed E-state index contributed by atoms with van der Waals surface area (Å²) in [5.74, 6) is -0.0704. The molecule has 2 amide bonds. The Kier molecular flexibility index (Phi) is 6.75. The van der Waals surface area contributed by atoms with E-state index in [1.54, 1.807) is 0 Å². The van der Waals surface area contributed by atoms with Crippen molar-refractivity contribution in [3.63, 3.8) is 0 Å². The van der Waals surface area contributed by atoms with Crippen LogP contribution in [0.1, 0.15) is 24.5 Å². The first-order valence-corrected chi connectivity index (χ1v) is 8.76. The Morgan fingerprint density at radius 1 is 0.833 bits per heavy atom. The van der Waals surface area contributed by atoms with Crippen LogP contribution in [-0.2, 0) is 9.59 Å². The number of nitrogens with one attached hydrogen (secondary N) is 2. The van der Waals surface area contributed by atoms with Gasteiger partial charge in [0.25, 0.3) is 0 Å². The molecule has 0 fully saturated rings. The predicted molar refractivity (Wildman–Crippen MR) is 103 cm³/mol. The molecule has 0 unspecified atom stereocenters. The Morgan fingerprint density at radius 3 is 1.62 bits per heavy atom. The molecule has 24 heavy (non-hydrogen) atoms. The number of anilines is 2. The minimum atomic E-state index is -0.0754. The number of carbonyl (C=O) groups excluding carboxylic acids is 2. The maximum atomic E-state index is 11.3. The summed E-state index contributed by atoms with van der Waals surface area (Å²) in [7, 11) is 0. The quantitative estimate of drug-likeness (QED) is 0.565. The van der Waals surface area contributed by atoms with E-state index in [1.165, 1.54) is 0 Å². The smallest absolute Gasteiger partial charge is 0.235 e. The molecule has 0 spiro atoms. The van der Waals surface area contributed by atoms with Crippen molar-refractivity contribution in [2.45, 2.75) is 13.3 Å². The highest BCUT2D eigenvalue weighted by Crippen LogP contribution is 2.15. The van der Waals surface area contributed by atoms with Crippen molar-refractivity contribution in [1.82, 2.24) is 0 Å². The van der Waals surface area contributed by atoms with E-state index >= 15 is 0 Å². The predicted octanol–water partition coefficient (Wildman–Crippen LogP) is 4.54. The van der Waals surface area contributed by atoms with E-state index in [-0.39, 0.29) is 17.1 Å². The number of hydrogen-bond acceptors (Lipinski definition) is 2. The molecule has 2 aromatic rings. The van der Waals surface area contributed by atoms with Crippen LogP contribution >= 0.6 is 15.9 Å². The molecule has 4 nitrogen and oxygen atoms in total. The van der Waals surface area contributed by atoms with E-state index in [4.69, 9.17) is 0 Å². The summed E-state index contributed by atoms with van der Waals surface area (Å²) in [5.41, 5.74) is 3.65. The van der Waals surface area contributed by atoms with E-state index in [2.05, 4.69) is 26.6 Å². The molecule has 0 atom stereocenters. The topological polar surface area (TPSA) is 58.2 Å². The molecule has 0 bridgehead atoms. The van der Waals surface area contributed by atoms with Crippen molar-refractivity contribution in [2.24, 2.45) is 0 Å². The minimum Gasteiger partial charge on any atom is -0.326 e. The molecule has 5 heteroatoms. The zero-order chi connectivity index (χ0) is 17.4. The van der Waals surface area contributed by atoms with Gasteiger partial charge in [-0.05, 0) is 35.4 Å². The molecule has 2 aromatic carbocycles. The SMILES string of the molecule is CCC(=O)Nc1ccc(/C=C/c2ccc(NC(=O)CBr)cc2)cc1. The van der Waals surface area contributed by atoms with Crippen LogP contribution in [0.5, 0.6) is 0 Å². The molecule has 0 radical (unpaired) electrons. The summed E-state index contributed by atoms with van der Waals surface area (Å²) >= 11 is 3.11. The third kappa shape index (κ3) is 5.66. The van der Waals surface area contributed by atoms with Gasteiger partial charge >= 0.3 is 0 Å². The lowest BCUT2D eigenvalue weighted by molar-refractivity contribution is -0.116. The Balaban J connectivity index is 1.97. The zero-order valence-corrected chi connectivity index (χ0v) is 15.0. The van der Waals surface area contributed by atoms with Crippen LogP contribution < -0.4 is 10.6 Å². The van der Waals surface area contributed by atoms with Gasteiger partial charge in [0.05, 0.1) is 5.33 Å². The summed E-state index contributed by atoms with van der Waals surface area (Å²) in [6, 6.07) is 15.3. The molecule has 0 aromatic heterocycles. The van der Waals surface area contributed by atoms with Gasteiger partial charge in [-0.2, -0.15) is 0 Å². The summed E-state index contributed by atoms with van der Waals surface area (Å²) < 4.78 is 0. The molecule has 0 heterocycles. The lowest BCUT2D eigenvalue weighted by Crippen LogP contribution is -2.11. The maximum absolute atomic E-state index is 11.3. The highest BCUT2D eigenvalue weighted by Gasteiger charge is 1.99. The van der Waals surface area contributed by atoms with E-state index in [9.17, 15) is 9.59 Å². The summed E-state index contributed by atoms with van der Waals surface area (Å²) in [4.78, 5) is 22.6. The van der Waals surface area contributed by atoms with Gasteiger partial charge in [0.2, 0.25) is 11.8 Å². The van der Waals surface area contributed by atoms with Gasteiger partial charge in [0.15, 0.2) is 0 Å². The normalized spacial score (nSPS) is 10.6. The Morgan fingerprint density at radius 2 is 1.25 bits per heavy atom. The van der Waals surface area contributed by atoms with Crippen molar-refractivity contribution in [3.8, 4) is 0 Å². The number of alkyl halides is 1. The number of benzene rings is 2. The molecule has 0 saturated carbocycles. The Labute approximate surface area is 150 Å². The van der Waals surface area contributed by atoms with Gasteiger partial charge in [-0.3, -0.25) is 9.59 Å². The van der Waals surface area contributed by atoms with Gasteiger partial charge in [-0.15, -0.1) is 0 Å². The average molecular weight is 387 g/mol. The van der Waals surface area contributed by atoms with Gasteiger partial charge in [-0.1, -0.05) is 59.3 Å². The number of rotatable bonds is 6. The largest absolute Gasteiger partial charge is 0.326 e. The average Bonchev–Trinajstić information content (AvgIpc) is 2.62. The summed E-state index contributed by atoms with van der Waals surface area (Å²) in [5, 5.41) is 5.87. The molecule has 0 aliphatic carbocycles. The summed E-state index contributed by atoms with van der Waals surface area (Å²) in [6.07, 6.45) is 4.46. The van der Waals surface area contributed by atoms with Gasteiger partial charge < -0.3 is 10.6 Å². The van der Waals surface area contributed by atoms with Crippen molar-refractivity contribution >= 4 is 51.3 Å². The van der Waals surface area contributed by atoms with E-state index in [0.29, 0.717) is 6.42 Å². The Hall–Kier alpha value is -2.40. The van der Waals surface area contributed by atoms with E-state index in [1.807, 2.05) is 67.6 Å². The van der Waals surface area contributed by atoms with E-state index in [0.717, 1.165) is 22.5 Å². The first-order valence-electron chi connectivity index (χ1n) is 7.64. The third-order valence-corrected chi connectivity index (χ3v) is 3.81. The number of carbonyl (C=O) groups is 2. The second-order valence-corrected chi connectivity index (χ2v) is 5.72. The first kappa shape index (κ1) is 17.9. The third-order valence-electron chi connectivity index (χ3n) is 3.30. The molecule has 2 rings (SSSR count). The van der Waals surface area contributed by atoms with E-state index < -0.39 is 0 Å². The van der Waals surface area contributed by atoms with Crippen LogP contribution in [-0.4, -0.2) is 17.1 Å². The Bertz CT molecular complexity index is 659. The number of halogens is 1. The number of amides is 2. The molecule has 124 valence electrons. The van der Waals surface area contributed by atoms with Crippen LogP contribution in [0, 0.1) is 0 Å². The van der Waals surface area contributed by atoms with Crippen molar-refractivity contribution in [1.29, 1.82) is 0 Å². The van der Waals surface area contributed by atoms with Gasteiger partial charge in [0, 0.05) is 17.8 Å². The molecule has 0 aliphatic heterocycles. The van der Waals surface area contributed by atoms with Crippen molar-refractivity contribution < 1.29 is 9.59 Å². The lowest BCUT2D eigenvalue weighted by atomic mass is 10.1. The molecule has 0 aliphatic rings. The second kappa shape index (κ2) is 9.03. The maximum Gasteiger partial charge on any atom is 0.235 e. The highest BCUT2D eigenvalue weighted by atomic mass is 79.9. The minimum absolute atomic E-state index is 0.00498. The zero-order valence-electron chi connectivity index (χ0n) is 13.4. The van der Waals surface area contributed by atoms with Crippen LogP contribution in [0.25, 0.3) is 12.2 Å². The van der Waals surface area contributed by atoms with Crippen LogP contribution in [0.2, 0.25) is 0 Å². The fraction of sp³-hybridized carbons (Fsp3) is 0.158. The fourth-order valence-electron chi connectivity index (χ4n) is 1.99. The van der Waals surface area contributed by atoms with Crippen LogP contribution in [0.4, 0.5) is 11.4 Å². The van der Waals surface area contributed by atoms with Gasteiger partial charge in [0.1, 0.15) is 0 Å². The van der Waals surface area contributed by atoms with Gasteiger partial charge in [-0.25, -0.2) is 0 Å². The lowest BCUT2D eigenvalue weighted by Gasteiger charge is -2.04. The fourth-order valence-corrected chi connectivity index (χ4v) is 2.13. The molecule has 0 saturated heterocycles. The second-order valence-electron chi connectivity index (χ2n) is 5.16. The first-order chi connectivity index (χ1) is 11.6. The highest BCUT2D eigenvalue weighted by molar-refractivity contribution is 9.09. The monoisotopic (exact) mass is 386 g/mol. The summed E-state index contributed by atoms with van der Waals surface area (Å²) in [6.45, 7) is 1.82. The molecular weight excluding hydrogens is 368 g/mol. The van der Waals surface area contributed by atoms with Crippen LogP contribution in [0.3, 0.4) is 0 Å². The van der Waals surface area contributed by atoms with Crippen molar-refractivity contribution in [2.75, 3.05) is 16.0 Å². The van der Waals surface area contributed by atoms with Crippen LogP contribution in [0.15, 0.2) is 48.5 Å². The number of hydrogen-bond donors (Lipinski definition) is 2. The standard InChI is InChI=1S/C19H19BrN2O2/c1-2-18(23)21-16-9-5-14(6-10-16)3-4-15-7-11-17(12-8-15)22-19(24)13-20/h3-12H,2,13H2,1H3,(H,21,23)(H,22,24)/b4-3+. The molecule has 2 N–H and O–H groups in total.